The van der Waals surface area contributed by atoms with Crippen molar-refractivity contribution in [1.29, 1.82) is 0 Å². The first-order valence-electron chi connectivity index (χ1n) is 5.62. The van der Waals surface area contributed by atoms with Gasteiger partial charge in [-0.25, -0.2) is 0 Å². The second-order valence-electron chi connectivity index (χ2n) is 4.07. The van der Waals surface area contributed by atoms with E-state index in [0.717, 1.165) is 10.0 Å². The lowest BCUT2D eigenvalue weighted by Gasteiger charge is -2.11. The van der Waals surface area contributed by atoms with Crippen molar-refractivity contribution in [3.63, 3.8) is 0 Å². The molecule has 0 nitrogen and oxygen atoms in total. The number of benzene rings is 2. The molecule has 0 radical (unpaired) electrons. The molecule has 0 amide bonds. The number of fused-ring (bicyclic) bond motifs is 1. The van der Waals surface area contributed by atoms with Crippen molar-refractivity contribution in [2.75, 3.05) is 0 Å². The SMILES string of the molecule is ClC(c1ccccc1Br)c1csc2ccccc12. The quantitative estimate of drug-likeness (QED) is 0.504. The molecule has 2 aromatic carbocycles. The Balaban J connectivity index is 2.13. The Morgan fingerprint density at radius 3 is 2.50 bits per heavy atom. The van der Waals surface area contributed by atoms with Crippen LogP contribution in [0.15, 0.2) is 58.4 Å². The Bertz CT molecular complexity index is 690. The van der Waals surface area contributed by atoms with Gasteiger partial charge in [-0.1, -0.05) is 52.3 Å². The van der Waals surface area contributed by atoms with Gasteiger partial charge in [0.05, 0.1) is 5.38 Å². The molecular formula is C15H10BrClS. The van der Waals surface area contributed by atoms with Gasteiger partial charge in [-0.15, -0.1) is 22.9 Å². The second kappa shape index (κ2) is 5.04. The number of hydrogen-bond donors (Lipinski definition) is 0. The molecule has 0 fully saturated rings. The third-order valence-electron chi connectivity index (χ3n) is 2.96. The van der Waals surface area contributed by atoms with E-state index >= 15 is 0 Å². The fourth-order valence-corrected chi connectivity index (χ4v) is 4.12. The summed E-state index contributed by atoms with van der Waals surface area (Å²) in [6, 6.07) is 16.5. The lowest BCUT2D eigenvalue weighted by atomic mass is 10.0. The van der Waals surface area contributed by atoms with Gasteiger partial charge < -0.3 is 0 Å². The summed E-state index contributed by atoms with van der Waals surface area (Å²) in [5, 5.41) is 3.29. The first-order chi connectivity index (χ1) is 8.77. The number of thiophene rings is 1. The monoisotopic (exact) mass is 336 g/mol. The molecule has 0 saturated heterocycles. The highest BCUT2D eigenvalue weighted by Gasteiger charge is 2.17. The van der Waals surface area contributed by atoms with Gasteiger partial charge in [0, 0.05) is 9.17 Å². The minimum absolute atomic E-state index is 0.114. The van der Waals surface area contributed by atoms with E-state index in [0.29, 0.717) is 0 Å². The maximum Gasteiger partial charge on any atom is 0.0860 e. The van der Waals surface area contributed by atoms with Crippen LogP contribution in [0.5, 0.6) is 0 Å². The zero-order valence-electron chi connectivity index (χ0n) is 9.44. The Morgan fingerprint density at radius 1 is 0.944 bits per heavy atom. The van der Waals surface area contributed by atoms with Crippen LogP contribution >= 0.6 is 38.9 Å². The molecule has 3 aromatic rings. The number of hydrogen-bond acceptors (Lipinski definition) is 1. The van der Waals surface area contributed by atoms with Crippen LogP contribution in [0.2, 0.25) is 0 Å². The Hall–Kier alpha value is -0.830. The summed E-state index contributed by atoms with van der Waals surface area (Å²) in [5.41, 5.74) is 2.30. The van der Waals surface area contributed by atoms with E-state index in [-0.39, 0.29) is 5.38 Å². The summed E-state index contributed by atoms with van der Waals surface area (Å²) in [4.78, 5) is 0. The van der Waals surface area contributed by atoms with Crippen LogP contribution < -0.4 is 0 Å². The maximum absolute atomic E-state index is 6.63. The van der Waals surface area contributed by atoms with Crippen molar-refractivity contribution >= 4 is 49.0 Å². The van der Waals surface area contributed by atoms with Crippen molar-refractivity contribution < 1.29 is 0 Å². The first-order valence-corrected chi connectivity index (χ1v) is 7.73. The largest absolute Gasteiger partial charge is 0.143 e. The molecule has 90 valence electrons. The standard InChI is InChI=1S/C15H10BrClS/c16-13-7-3-1-6-11(13)15(17)12-9-18-14-8-4-2-5-10(12)14/h1-9,15H. The van der Waals surface area contributed by atoms with Gasteiger partial charge in [-0.3, -0.25) is 0 Å². The molecular weight excluding hydrogens is 328 g/mol. The van der Waals surface area contributed by atoms with E-state index in [9.17, 15) is 0 Å². The van der Waals surface area contributed by atoms with Crippen LogP contribution in [0.3, 0.4) is 0 Å². The molecule has 0 spiro atoms. The minimum Gasteiger partial charge on any atom is -0.143 e. The molecule has 18 heavy (non-hydrogen) atoms. The third kappa shape index (κ3) is 2.09. The van der Waals surface area contributed by atoms with Gasteiger partial charge in [-0.2, -0.15) is 0 Å². The molecule has 0 aliphatic carbocycles. The van der Waals surface area contributed by atoms with E-state index in [2.05, 4.69) is 51.6 Å². The van der Waals surface area contributed by atoms with E-state index in [1.807, 2.05) is 18.2 Å². The molecule has 1 unspecified atom stereocenters. The molecule has 0 bridgehead atoms. The molecule has 1 aromatic heterocycles. The van der Waals surface area contributed by atoms with Crippen molar-refractivity contribution in [2.45, 2.75) is 5.38 Å². The van der Waals surface area contributed by atoms with Crippen molar-refractivity contribution in [2.24, 2.45) is 0 Å². The summed E-state index contributed by atoms with van der Waals surface area (Å²) in [6.45, 7) is 0. The maximum atomic E-state index is 6.63. The molecule has 0 aliphatic rings. The Morgan fingerprint density at radius 2 is 1.67 bits per heavy atom. The smallest absolute Gasteiger partial charge is 0.0860 e. The summed E-state index contributed by atoms with van der Waals surface area (Å²) in [6.07, 6.45) is 0. The van der Waals surface area contributed by atoms with Crippen molar-refractivity contribution in [3.05, 3.63) is 69.5 Å². The molecule has 3 rings (SSSR count). The van der Waals surface area contributed by atoms with Crippen molar-refractivity contribution in [3.8, 4) is 0 Å². The van der Waals surface area contributed by atoms with E-state index in [4.69, 9.17) is 11.6 Å². The van der Waals surface area contributed by atoms with Crippen LogP contribution in [0.25, 0.3) is 10.1 Å². The summed E-state index contributed by atoms with van der Waals surface area (Å²) in [5.74, 6) is 0. The molecule has 0 aliphatic heterocycles. The van der Waals surface area contributed by atoms with Crippen LogP contribution in [-0.4, -0.2) is 0 Å². The fraction of sp³-hybridized carbons (Fsp3) is 0.0667. The van der Waals surface area contributed by atoms with Gasteiger partial charge in [0.15, 0.2) is 0 Å². The zero-order chi connectivity index (χ0) is 12.5. The normalized spacial score (nSPS) is 12.8. The van der Waals surface area contributed by atoms with E-state index < -0.39 is 0 Å². The van der Waals surface area contributed by atoms with Crippen LogP contribution in [-0.2, 0) is 0 Å². The Labute approximate surface area is 123 Å². The zero-order valence-corrected chi connectivity index (χ0v) is 12.6. The highest BCUT2D eigenvalue weighted by molar-refractivity contribution is 9.10. The van der Waals surface area contributed by atoms with Gasteiger partial charge in [0.25, 0.3) is 0 Å². The molecule has 0 N–H and O–H groups in total. The number of halogens is 2. The fourth-order valence-electron chi connectivity index (χ4n) is 2.04. The summed E-state index contributed by atoms with van der Waals surface area (Å²) >= 11 is 11.9. The highest BCUT2D eigenvalue weighted by atomic mass is 79.9. The van der Waals surface area contributed by atoms with Crippen LogP contribution in [0.4, 0.5) is 0 Å². The van der Waals surface area contributed by atoms with Gasteiger partial charge >= 0.3 is 0 Å². The summed E-state index contributed by atoms with van der Waals surface area (Å²) in [7, 11) is 0. The van der Waals surface area contributed by atoms with E-state index in [1.165, 1.54) is 15.6 Å². The molecule has 3 heteroatoms. The van der Waals surface area contributed by atoms with Crippen molar-refractivity contribution in [1.82, 2.24) is 0 Å². The average Bonchev–Trinajstić information content (AvgIpc) is 2.82. The minimum atomic E-state index is -0.114. The number of alkyl halides is 1. The first kappa shape index (κ1) is 12.2. The highest BCUT2D eigenvalue weighted by Crippen LogP contribution is 2.39. The number of rotatable bonds is 2. The molecule has 0 saturated carbocycles. The average molecular weight is 338 g/mol. The van der Waals surface area contributed by atoms with E-state index in [1.54, 1.807) is 11.3 Å². The lowest BCUT2D eigenvalue weighted by molar-refractivity contribution is 1.16. The molecule has 1 atom stereocenters. The predicted octanol–water partition coefficient (Wildman–Crippen LogP) is 5.99. The second-order valence-corrected chi connectivity index (χ2v) is 6.27. The van der Waals surface area contributed by atoms with Crippen LogP contribution in [0.1, 0.15) is 16.5 Å². The Kier molecular flexibility index (Phi) is 3.42. The van der Waals surface area contributed by atoms with Crippen LogP contribution in [0, 0.1) is 0 Å². The summed E-state index contributed by atoms with van der Waals surface area (Å²) < 4.78 is 2.34. The predicted molar refractivity (Wildman–Crippen MR) is 83.7 cm³/mol. The lowest BCUT2D eigenvalue weighted by Crippen LogP contribution is -1.93. The van der Waals surface area contributed by atoms with Gasteiger partial charge in [0.2, 0.25) is 0 Å². The van der Waals surface area contributed by atoms with Gasteiger partial charge in [-0.05, 0) is 34.0 Å². The molecule has 1 heterocycles. The third-order valence-corrected chi connectivity index (χ3v) is 5.14. The van der Waals surface area contributed by atoms with Gasteiger partial charge in [0.1, 0.15) is 0 Å². The topological polar surface area (TPSA) is 0 Å².